The molecule has 0 unspecified atom stereocenters. The van der Waals surface area contributed by atoms with E-state index in [2.05, 4.69) is 4.84 Å². The maximum Gasteiger partial charge on any atom is 0.0579 e. The minimum Gasteiger partial charge on any atom is -0.749 e. The van der Waals surface area contributed by atoms with Crippen molar-refractivity contribution in [1.82, 2.24) is 10.5 Å². The van der Waals surface area contributed by atoms with Crippen molar-refractivity contribution in [3.8, 4) is 0 Å². The van der Waals surface area contributed by atoms with Crippen molar-refractivity contribution in [3.05, 3.63) is 23.2 Å². The molecule has 10 heavy (non-hydrogen) atoms. The van der Waals surface area contributed by atoms with Gasteiger partial charge in [0, 0.05) is 6.54 Å². The summed E-state index contributed by atoms with van der Waals surface area (Å²) in [5.41, 5.74) is 0. The Kier molecular flexibility index (Phi) is 5.09. The smallest absolute Gasteiger partial charge is 0.0579 e. The molecule has 0 heterocycles. The van der Waals surface area contributed by atoms with Gasteiger partial charge < -0.3 is 21.0 Å². The number of hydrogen-bond donors (Lipinski definition) is 0. The van der Waals surface area contributed by atoms with Gasteiger partial charge in [0.15, 0.2) is 0 Å². The molecule has 0 amide bonds. The normalized spacial score (nSPS) is 12.2. The molecule has 0 aliphatic carbocycles. The second-order valence-corrected chi connectivity index (χ2v) is 1.57. The first kappa shape index (κ1) is 9.54. The van der Waals surface area contributed by atoms with E-state index in [4.69, 9.17) is 5.84 Å². The van der Waals surface area contributed by atoms with Crippen molar-refractivity contribution in [2.75, 3.05) is 13.7 Å². The van der Waals surface area contributed by atoms with E-state index in [-0.39, 0.29) is 11.9 Å². The van der Waals surface area contributed by atoms with Crippen molar-refractivity contribution in [3.63, 3.8) is 0 Å². The van der Waals surface area contributed by atoms with Crippen LogP contribution in [0.25, 0.3) is 5.84 Å². The van der Waals surface area contributed by atoms with Crippen LogP contribution in [0.1, 0.15) is 6.92 Å². The van der Waals surface area contributed by atoms with Gasteiger partial charge in [-0.3, -0.25) is 0 Å². The van der Waals surface area contributed by atoms with Gasteiger partial charge in [-0.2, -0.15) is 0 Å². The molecule has 0 fully saturated rings. The molecule has 0 aromatic heterocycles. The Hall–Kier alpha value is -0.460. The van der Waals surface area contributed by atoms with Gasteiger partial charge in [-0.05, 0) is 6.92 Å². The van der Waals surface area contributed by atoms with Gasteiger partial charge in [-0.1, -0.05) is 12.2 Å². The molecule has 0 spiro atoms. The summed E-state index contributed by atoms with van der Waals surface area (Å²) in [6, 6.07) is 0. The van der Waals surface area contributed by atoms with Gasteiger partial charge in [0.25, 0.3) is 0 Å². The van der Waals surface area contributed by atoms with E-state index in [1.54, 1.807) is 12.2 Å². The highest BCUT2D eigenvalue weighted by atomic mass is 16.9. The molecule has 0 bridgehead atoms. The molecule has 0 aromatic rings. The van der Waals surface area contributed by atoms with Crippen molar-refractivity contribution in [2.24, 2.45) is 0 Å². The average Bonchev–Trinajstić information content (AvgIpc) is 1.98. The topological polar surface area (TPSA) is 62.6 Å². The number of rotatable bonds is 4. The lowest BCUT2D eigenvalue weighted by Gasteiger charge is -2.40. The maximum atomic E-state index is 10.4. The standard InChI is InChI=1S/C5H11N3O2/c1-3-4-5-7(6)8(9)10-2/h3-4,6H,5H2,1-2H3/q-2/b4-3-. The summed E-state index contributed by atoms with van der Waals surface area (Å²) in [7, 11) is 1.21. The zero-order valence-corrected chi connectivity index (χ0v) is 6.07. The monoisotopic (exact) mass is 145 g/mol. The van der Waals surface area contributed by atoms with Gasteiger partial charge in [0.2, 0.25) is 0 Å². The van der Waals surface area contributed by atoms with Crippen LogP contribution in [0.5, 0.6) is 0 Å². The highest BCUT2D eigenvalue weighted by molar-refractivity contribution is 4.79. The van der Waals surface area contributed by atoms with E-state index in [9.17, 15) is 5.21 Å². The summed E-state index contributed by atoms with van der Waals surface area (Å²) in [6.07, 6.45) is 3.43. The number of allylic oxidation sites excluding steroid dienone is 1. The summed E-state index contributed by atoms with van der Waals surface area (Å²) in [6.45, 7) is 2.05. The molecule has 0 rings (SSSR count). The van der Waals surface area contributed by atoms with Crippen LogP contribution in [0.2, 0.25) is 0 Å². The molecule has 0 saturated carbocycles. The summed E-state index contributed by atoms with van der Waals surface area (Å²) in [4.78, 5) is 4.19. The molecule has 0 saturated heterocycles. The molecule has 0 aromatic carbocycles. The predicted molar refractivity (Wildman–Crippen MR) is 38.1 cm³/mol. The Morgan fingerprint density at radius 1 is 1.70 bits per heavy atom. The fourth-order valence-corrected chi connectivity index (χ4v) is 0.370. The molecular weight excluding hydrogens is 134 g/mol. The lowest BCUT2D eigenvalue weighted by atomic mass is 10.5. The van der Waals surface area contributed by atoms with Crippen LogP contribution in [0, 0.1) is 5.21 Å². The molecule has 0 aliphatic rings. The summed E-state index contributed by atoms with van der Waals surface area (Å²) in [5.74, 6) is 6.95. The van der Waals surface area contributed by atoms with Crippen molar-refractivity contribution in [1.29, 1.82) is 0 Å². The third-order valence-corrected chi connectivity index (χ3v) is 0.867. The van der Waals surface area contributed by atoms with Gasteiger partial charge in [-0.25, -0.2) is 5.34 Å². The second-order valence-electron chi connectivity index (χ2n) is 1.57. The van der Waals surface area contributed by atoms with E-state index in [1.807, 2.05) is 6.92 Å². The largest absolute Gasteiger partial charge is 0.749 e. The van der Waals surface area contributed by atoms with Crippen LogP contribution in [0.15, 0.2) is 12.2 Å². The molecule has 0 aliphatic heterocycles. The van der Waals surface area contributed by atoms with Crippen molar-refractivity contribution < 1.29 is 4.84 Å². The summed E-state index contributed by atoms with van der Waals surface area (Å²) >= 11 is 0. The summed E-state index contributed by atoms with van der Waals surface area (Å²) < 4.78 is 0. The van der Waals surface area contributed by atoms with Crippen LogP contribution < -0.4 is 0 Å². The Morgan fingerprint density at radius 2 is 2.30 bits per heavy atom. The van der Waals surface area contributed by atoms with Crippen LogP contribution in [0.4, 0.5) is 0 Å². The fraction of sp³-hybridized carbons (Fsp3) is 0.600. The first-order valence-corrected chi connectivity index (χ1v) is 2.83. The number of hydrazine groups is 1. The minimum absolute atomic E-state index is 0.0972. The highest BCUT2D eigenvalue weighted by Gasteiger charge is 1.86. The Labute approximate surface area is 60.1 Å². The zero-order valence-electron chi connectivity index (χ0n) is 6.07. The van der Waals surface area contributed by atoms with E-state index in [0.717, 1.165) is 0 Å². The highest BCUT2D eigenvalue weighted by Crippen LogP contribution is 1.94. The quantitative estimate of drug-likeness (QED) is 0.439. The minimum atomic E-state index is 0.0972. The van der Waals surface area contributed by atoms with Crippen molar-refractivity contribution in [2.45, 2.75) is 6.92 Å². The molecule has 5 heteroatoms. The third-order valence-electron chi connectivity index (χ3n) is 0.867. The number of nitrogens with one attached hydrogen (secondary N) is 1. The molecule has 1 N–H and O–H groups in total. The molecule has 0 atom stereocenters. The fourth-order valence-electron chi connectivity index (χ4n) is 0.370. The molecular formula is C5H11N3O2-2. The van der Waals surface area contributed by atoms with Crippen LogP contribution >= 0.6 is 0 Å². The van der Waals surface area contributed by atoms with Gasteiger partial charge in [-0.15, -0.1) is 0 Å². The Bertz CT molecular complexity index is 107. The summed E-state index contributed by atoms with van der Waals surface area (Å²) in [5, 5.41) is 11.2. The van der Waals surface area contributed by atoms with E-state index in [0.29, 0.717) is 5.12 Å². The number of nitrogens with zero attached hydrogens (tertiary/aromatic N) is 2. The Balaban J connectivity index is 3.50. The molecule has 5 nitrogen and oxygen atoms in total. The second kappa shape index (κ2) is 5.33. The van der Waals surface area contributed by atoms with Crippen LogP contribution in [0.3, 0.4) is 0 Å². The predicted octanol–water partition coefficient (Wildman–Crippen LogP) is 1.11. The van der Waals surface area contributed by atoms with Crippen LogP contribution in [-0.4, -0.2) is 24.1 Å². The third kappa shape index (κ3) is 3.54. The van der Waals surface area contributed by atoms with Gasteiger partial charge in [0.05, 0.1) is 7.11 Å². The van der Waals surface area contributed by atoms with Crippen molar-refractivity contribution >= 4 is 0 Å². The average molecular weight is 145 g/mol. The van der Waals surface area contributed by atoms with Crippen LogP contribution in [-0.2, 0) is 4.84 Å². The first-order chi connectivity index (χ1) is 4.72. The van der Waals surface area contributed by atoms with E-state index < -0.39 is 0 Å². The molecule has 60 valence electrons. The maximum absolute atomic E-state index is 10.4. The van der Waals surface area contributed by atoms with E-state index in [1.165, 1.54) is 7.11 Å². The number of hydrogen-bond acceptors (Lipinski definition) is 4. The van der Waals surface area contributed by atoms with Gasteiger partial charge >= 0.3 is 0 Å². The lowest BCUT2D eigenvalue weighted by Crippen LogP contribution is -2.31. The molecule has 0 radical (unpaired) electrons. The Morgan fingerprint density at radius 3 is 2.70 bits per heavy atom. The lowest BCUT2D eigenvalue weighted by molar-refractivity contribution is -0.206. The first-order valence-electron chi connectivity index (χ1n) is 2.83. The SMILES string of the molecule is C/C=C\CN([NH-])N([O-])OC. The zero-order chi connectivity index (χ0) is 7.98. The van der Waals surface area contributed by atoms with E-state index >= 15 is 0 Å². The van der Waals surface area contributed by atoms with Gasteiger partial charge in [0.1, 0.15) is 0 Å².